The molecule has 0 aliphatic carbocycles. The molecule has 0 atom stereocenters. The predicted molar refractivity (Wildman–Crippen MR) is 149 cm³/mol. The molecule has 6 nitrogen and oxygen atoms in total. The first-order valence-electron chi connectivity index (χ1n) is 11.7. The molecule has 0 amide bonds. The number of hydrogen-bond donors (Lipinski definition) is 0. The zero-order valence-corrected chi connectivity index (χ0v) is 21.8. The summed E-state index contributed by atoms with van der Waals surface area (Å²) < 4.78 is 2.02. The fourth-order valence-corrected chi connectivity index (χ4v) is 6.26. The van der Waals surface area contributed by atoms with E-state index in [0.717, 1.165) is 39.4 Å². The molecule has 0 spiro atoms. The van der Waals surface area contributed by atoms with Gasteiger partial charge in [0.25, 0.3) is 0 Å². The number of aromatic nitrogens is 4. The van der Waals surface area contributed by atoms with Crippen molar-refractivity contribution < 1.29 is 9.36 Å². The molecule has 0 unspecified atom stereocenters. The maximum atomic E-state index is 13.4. The SMILES string of the molecule is Cc1cc(/C=C2/Sc3ccccc3N2C)nc(SC(=O)c2ccc3nccnc3c2)[n+]1-c1ccccc1. The van der Waals surface area contributed by atoms with Crippen LogP contribution in [0.25, 0.3) is 22.8 Å². The third-order valence-electron chi connectivity index (χ3n) is 6.07. The van der Waals surface area contributed by atoms with Gasteiger partial charge in [0, 0.05) is 53.8 Å². The maximum absolute atomic E-state index is 13.4. The number of aryl methyl sites for hydroxylation is 1. The van der Waals surface area contributed by atoms with E-state index in [1.54, 1.807) is 36.3 Å². The van der Waals surface area contributed by atoms with Crippen molar-refractivity contribution in [2.75, 3.05) is 11.9 Å². The van der Waals surface area contributed by atoms with Crippen LogP contribution in [0.1, 0.15) is 21.7 Å². The lowest BCUT2D eigenvalue weighted by Gasteiger charge is -2.13. The van der Waals surface area contributed by atoms with Crippen molar-refractivity contribution in [3.05, 3.63) is 113 Å². The highest BCUT2D eigenvalue weighted by Crippen LogP contribution is 2.45. The van der Waals surface area contributed by atoms with Crippen molar-refractivity contribution >= 4 is 51.4 Å². The van der Waals surface area contributed by atoms with Gasteiger partial charge in [0.2, 0.25) is 5.12 Å². The molecule has 0 saturated carbocycles. The van der Waals surface area contributed by atoms with Crippen molar-refractivity contribution in [3.8, 4) is 5.69 Å². The van der Waals surface area contributed by atoms with E-state index >= 15 is 0 Å². The van der Waals surface area contributed by atoms with Crippen LogP contribution in [0.2, 0.25) is 0 Å². The molecule has 0 saturated heterocycles. The molecule has 3 aromatic carbocycles. The highest BCUT2D eigenvalue weighted by atomic mass is 32.2. The van der Waals surface area contributed by atoms with Gasteiger partial charge in [-0.2, -0.15) is 4.57 Å². The highest BCUT2D eigenvalue weighted by molar-refractivity contribution is 8.13. The van der Waals surface area contributed by atoms with E-state index < -0.39 is 0 Å². The molecule has 0 fully saturated rings. The minimum atomic E-state index is -0.103. The van der Waals surface area contributed by atoms with Crippen molar-refractivity contribution in [1.82, 2.24) is 15.0 Å². The van der Waals surface area contributed by atoms with Crippen molar-refractivity contribution in [2.24, 2.45) is 0 Å². The zero-order valence-electron chi connectivity index (χ0n) is 20.2. The Morgan fingerprint density at radius 3 is 2.51 bits per heavy atom. The summed E-state index contributed by atoms with van der Waals surface area (Å²) in [5.41, 5.74) is 5.91. The number of hydrogen-bond acceptors (Lipinski definition) is 7. The smallest absolute Gasteiger partial charge is 0.338 e. The third kappa shape index (κ3) is 4.61. The number of carbonyl (C=O) groups excluding carboxylic acids is 1. The first-order chi connectivity index (χ1) is 18.1. The van der Waals surface area contributed by atoms with Gasteiger partial charge in [-0.05, 0) is 54.4 Å². The second-order valence-corrected chi connectivity index (χ2v) is 10.5. The minimum absolute atomic E-state index is 0.103. The number of fused-ring (bicyclic) bond motifs is 2. The Labute approximate surface area is 223 Å². The van der Waals surface area contributed by atoms with Crippen LogP contribution in [0.5, 0.6) is 0 Å². The molecule has 6 rings (SSSR count). The Bertz CT molecular complexity index is 1690. The number of para-hydroxylation sites is 2. The fraction of sp³-hybridized carbons (Fsp3) is 0.0690. The highest BCUT2D eigenvalue weighted by Gasteiger charge is 2.27. The topological polar surface area (TPSA) is 62.9 Å². The summed E-state index contributed by atoms with van der Waals surface area (Å²) >= 11 is 2.83. The lowest BCUT2D eigenvalue weighted by molar-refractivity contribution is -0.647. The first kappa shape index (κ1) is 23.4. The first-order valence-corrected chi connectivity index (χ1v) is 13.3. The molecule has 3 heterocycles. The van der Waals surface area contributed by atoms with Gasteiger partial charge in [-0.3, -0.25) is 14.8 Å². The van der Waals surface area contributed by atoms with Gasteiger partial charge in [-0.15, -0.1) is 0 Å². The summed E-state index contributed by atoms with van der Waals surface area (Å²) in [6.07, 6.45) is 5.35. The van der Waals surface area contributed by atoms with Crippen molar-refractivity contribution in [1.29, 1.82) is 0 Å². The summed E-state index contributed by atoms with van der Waals surface area (Å²) in [4.78, 5) is 30.4. The Balaban J connectivity index is 1.40. The molecule has 0 N–H and O–H groups in total. The van der Waals surface area contributed by atoms with E-state index in [4.69, 9.17) is 4.98 Å². The second kappa shape index (κ2) is 9.80. The average Bonchev–Trinajstić information content (AvgIpc) is 3.23. The van der Waals surface area contributed by atoms with E-state index in [0.29, 0.717) is 16.2 Å². The van der Waals surface area contributed by atoms with Crippen molar-refractivity contribution in [3.63, 3.8) is 0 Å². The van der Waals surface area contributed by atoms with E-state index in [-0.39, 0.29) is 5.12 Å². The quantitative estimate of drug-likeness (QED) is 0.162. The summed E-state index contributed by atoms with van der Waals surface area (Å²) in [6.45, 7) is 2.04. The van der Waals surface area contributed by atoms with Gasteiger partial charge in [0.05, 0.1) is 21.7 Å². The van der Waals surface area contributed by atoms with Gasteiger partial charge < -0.3 is 4.90 Å². The summed E-state index contributed by atoms with van der Waals surface area (Å²) in [5, 5.41) is 1.58. The molecule has 0 radical (unpaired) electrons. The number of nitrogens with zero attached hydrogens (tertiary/aromatic N) is 5. The van der Waals surface area contributed by atoms with Crippen LogP contribution < -0.4 is 9.47 Å². The number of rotatable bonds is 4. The van der Waals surface area contributed by atoms with Gasteiger partial charge in [-0.25, -0.2) is 0 Å². The maximum Gasteiger partial charge on any atom is 0.373 e. The van der Waals surface area contributed by atoms with E-state index in [1.807, 2.05) is 54.0 Å². The van der Waals surface area contributed by atoms with Crippen LogP contribution in [-0.2, 0) is 0 Å². The minimum Gasteiger partial charge on any atom is -0.338 e. The molecule has 1 aliphatic heterocycles. The Kier molecular flexibility index (Phi) is 6.20. The second-order valence-electron chi connectivity index (χ2n) is 8.54. The summed E-state index contributed by atoms with van der Waals surface area (Å²) in [6, 6.07) is 25.8. The van der Waals surface area contributed by atoms with Crippen LogP contribution in [0.3, 0.4) is 0 Å². The van der Waals surface area contributed by atoms with Crippen LogP contribution in [0, 0.1) is 6.92 Å². The molecule has 2 aromatic heterocycles. The molecule has 0 bridgehead atoms. The number of benzene rings is 3. The van der Waals surface area contributed by atoms with Gasteiger partial charge >= 0.3 is 5.16 Å². The molecular weight excluding hydrogens is 498 g/mol. The monoisotopic (exact) mass is 520 g/mol. The van der Waals surface area contributed by atoms with Crippen molar-refractivity contribution in [2.45, 2.75) is 17.0 Å². The fourth-order valence-electron chi connectivity index (χ4n) is 4.26. The van der Waals surface area contributed by atoms with Gasteiger partial charge in [0.1, 0.15) is 11.4 Å². The van der Waals surface area contributed by atoms with Gasteiger partial charge in [0.15, 0.2) is 5.69 Å². The van der Waals surface area contributed by atoms with Crippen LogP contribution in [-0.4, -0.2) is 27.1 Å². The Morgan fingerprint density at radius 1 is 0.946 bits per heavy atom. The zero-order chi connectivity index (χ0) is 25.4. The Hall–Kier alpha value is -4.01. The normalized spacial score (nSPS) is 13.8. The predicted octanol–water partition coefficient (Wildman–Crippen LogP) is 6.08. The molecule has 37 heavy (non-hydrogen) atoms. The van der Waals surface area contributed by atoms with E-state index in [1.165, 1.54) is 10.6 Å². The van der Waals surface area contributed by atoms with E-state index in [2.05, 4.69) is 52.3 Å². The molecule has 5 aromatic rings. The standard InChI is InChI=1S/C29H22N5OS2/c1-19-16-21(18-27-33(2)25-10-6-7-11-26(25)36-27)32-29(34(19)22-8-4-3-5-9-22)37-28(35)20-12-13-23-24(17-20)31-15-14-30-23/h3-18H,1-2H3/q+1. The summed E-state index contributed by atoms with van der Waals surface area (Å²) in [7, 11) is 2.06. The average molecular weight is 521 g/mol. The lowest BCUT2D eigenvalue weighted by Crippen LogP contribution is -2.38. The van der Waals surface area contributed by atoms with E-state index in [9.17, 15) is 4.79 Å². The number of thioether (sulfide) groups is 2. The Morgan fingerprint density at radius 2 is 1.70 bits per heavy atom. The van der Waals surface area contributed by atoms with Crippen LogP contribution in [0.4, 0.5) is 5.69 Å². The largest absolute Gasteiger partial charge is 0.373 e. The molecule has 180 valence electrons. The van der Waals surface area contributed by atoms with Gasteiger partial charge in [-0.1, -0.05) is 42.1 Å². The number of carbonyl (C=O) groups is 1. The molecule has 8 heteroatoms. The third-order valence-corrected chi connectivity index (χ3v) is 8.12. The van der Waals surface area contributed by atoms with Crippen LogP contribution in [0.15, 0.2) is 106 Å². The summed E-state index contributed by atoms with van der Waals surface area (Å²) in [5.74, 6) is 0. The number of anilines is 1. The van der Waals surface area contributed by atoms with Crippen LogP contribution >= 0.6 is 23.5 Å². The lowest BCUT2D eigenvalue weighted by atomic mass is 10.2. The molecular formula is C29H22N5OS2+. The molecule has 1 aliphatic rings.